The van der Waals surface area contributed by atoms with E-state index in [1.54, 1.807) is 11.8 Å². The molecule has 1 saturated heterocycles. The number of carbonyl (C=O) groups excluding carboxylic acids is 2. The molecule has 0 radical (unpaired) electrons. The normalized spacial score (nSPS) is 19.5. The van der Waals surface area contributed by atoms with E-state index in [-0.39, 0.29) is 47.2 Å². The lowest BCUT2D eigenvalue weighted by atomic mass is 10.0. The SMILES string of the molecule is COCC(=O)N1C[C@@H](NC(=O)c2c(C)[nH]c3c(-c4cc(C(F)(F)F)ccc4OCC4CC4)ncnc23)C[C@@H]1C. The summed E-state index contributed by atoms with van der Waals surface area (Å²) in [6.45, 7) is 4.33. The van der Waals surface area contributed by atoms with E-state index in [1.165, 1.54) is 19.5 Å². The molecule has 2 fully saturated rings. The number of nitrogens with zero attached hydrogens (tertiary/aromatic N) is 3. The highest BCUT2D eigenvalue weighted by molar-refractivity contribution is 6.09. The van der Waals surface area contributed by atoms with Gasteiger partial charge in [0.2, 0.25) is 5.91 Å². The Morgan fingerprint density at radius 3 is 2.69 bits per heavy atom. The van der Waals surface area contributed by atoms with Crippen LogP contribution in [0.5, 0.6) is 5.75 Å². The van der Waals surface area contributed by atoms with Gasteiger partial charge in [0.1, 0.15) is 29.9 Å². The summed E-state index contributed by atoms with van der Waals surface area (Å²) in [5, 5.41) is 2.98. The summed E-state index contributed by atoms with van der Waals surface area (Å²) in [4.78, 5) is 39.1. The van der Waals surface area contributed by atoms with Gasteiger partial charge in [-0.05, 0) is 57.2 Å². The van der Waals surface area contributed by atoms with E-state index >= 15 is 0 Å². The lowest BCUT2D eigenvalue weighted by Crippen LogP contribution is -2.40. The van der Waals surface area contributed by atoms with Gasteiger partial charge in [-0.15, -0.1) is 0 Å². The van der Waals surface area contributed by atoms with Gasteiger partial charge in [0, 0.05) is 37.0 Å². The lowest BCUT2D eigenvalue weighted by Gasteiger charge is -2.20. The number of nitrogens with one attached hydrogen (secondary N) is 2. The van der Waals surface area contributed by atoms with Gasteiger partial charge in [-0.1, -0.05) is 0 Å². The maximum absolute atomic E-state index is 13.6. The Bertz CT molecular complexity index is 1400. The summed E-state index contributed by atoms with van der Waals surface area (Å²) < 4.78 is 51.7. The zero-order valence-corrected chi connectivity index (χ0v) is 21.9. The van der Waals surface area contributed by atoms with Gasteiger partial charge in [-0.3, -0.25) is 9.59 Å². The second-order valence-electron chi connectivity index (χ2n) is 10.3. The van der Waals surface area contributed by atoms with Crippen LogP contribution in [0.25, 0.3) is 22.3 Å². The second kappa shape index (κ2) is 10.5. The molecule has 9 nitrogen and oxygen atoms in total. The van der Waals surface area contributed by atoms with Crippen LogP contribution < -0.4 is 10.1 Å². The third-order valence-electron chi connectivity index (χ3n) is 7.23. The first-order valence-corrected chi connectivity index (χ1v) is 12.8. The van der Waals surface area contributed by atoms with Gasteiger partial charge in [0.05, 0.1) is 23.3 Å². The number of alkyl halides is 3. The van der Waals surface area contributed by atoms with Crippen LogP contribution in [0.3, 0.4) is 0 Å². The van der Waals surface area contributed by atoms with Crippen LogP contribution in [0.4, 0.5) is 13.2 Å². The predicted molar refractivity (Wildman–Crippen MR) is 136 cm³/mol. The first kappa shape index (κ1) is 26.9. The van der Waals surface area contributed by atoms with Gasteiger partial charge in [0.25, 0.3) is 5.91 Å². The minimum absolute atomic E-state index is 0.0336. The van der Waals surface area contributed by atoms with Gasteiger partial charge in [-0.2, -0.15) is 13.2 Å². The largest absolute Gasteiger partial charge is 0.493 e. The highest BCUT2D eigenvalue weighted by Crippen LogP contribution is 2.40. The minimum atomic E-state index is -4.55. The summed E-state index contributed by atoms with van der Waals surface area (Å²) in [5.41, 5.74) is 0.955. The maximum atomic E-state index is 13.6. The average molecular weight is 546 g/mol. The molecule has 1 aliphatic carbocycles. The van der Waals surface area contributed by atoms with Gasteiger partial charge >= 0.3 is 6.18 Å². The standard InChI is InChI=1S/C27H30F3N5O4/c1-14-8-18(10-35(14)21(36)12-38-3)34-26(37)22-15(2)33-25-23(31-13-32-24(22)25)19-9-17(27(28,29)30)6-7-20(19)39-11-16-4-5-16/h6-7,9,13-14,16,18,33H,4-5,8,10-12H2,1-3H3,(H,34,37)/t14-,18-/m0/s1. The molecule has 0 bridgehead atoms. The number of likely N-dealkylation sites (tertiary alicyclic amines) is 1. The first-order valence-electron chi connectivity index (χ1n) is 12.8. The fourth-order valence-corrected chi connectivity index (χ4v) is 5.06. The van der Waals surface area contributed by atoms with Gasteiger partial charge < -0.3 is 24.7 Å². The van der Waals surface area contributed by atoms with Crippen LogP contribution in [-0.4, -0.2) is 70.6 Å². The molecule has 3 aromatic rings. The molecular weight excluding hydrogens is 515 g/mol. The number of fused-ring (bicyclic) bond motifs is 1. The minimum Gasteiger partial charge on any atom is -0.493 e. The molecule has 1 saturated carbocycles. The number of aromatic amines is 1. The maximum Gasteiger partial charge on any atom is 0.416 e. The Balaban J connectivity index is 1.47. The number of benzene rings is 1. The second-order valence-corrected chi connectivity index (χ2v) is 10.3. The summed E-state index contributed by atoms with van der Waals surface area (Å²) in [5.74, 6) is 0.139. The zero-order valence-electron chi connectivity index (χ0n) is 21.9. The van der Waals surface area contributed by atoms with Crippen molar-refractivity contribution in [2.24, 2.45) is 5.92 Å². The van der Waals surface area contributed by atoms with Crippen LogP contribution in [0.1, 0.15) is 47.8 Å². The number of hydrogen-bond donors (Lipinski definition) is 2. The van der Waals surface area contributed by atoms with Crippen molar-refractivity contribution in [3.8, 4) is 17.0 Å². The molecule has 2 N–H and O–H groups in total. The Morgan fingerprint density at radius 1 is 1.23 bits per heavy atom. The number of hydrogen-bond acceptors (Lipinski definition) is 6. The molecule has 12 heteroatoms. The van der Waals surface area contributed by atoms with Crippen LogP contribution >= 0.6 is 0 Å². The molecular formula is C27H30F3N5O4. The quantitative estimate of drug-likeness (QED) is 0.441. The van der Waals surface area contributed by atoms with Crippen molar-refractivity contribution < 1.29 is 32.2 Å². The molecule has 208 valence electrons. The van der Waals surface area contributed by atoms with Gasteiger partial charge in [0.15, 0.2) is 0 Å². The summed E-state index contributed by atoms with van der Waals surface area (Å²) >= 11 is 0. The average Bonchev–Trinajstić information content (AvgIpc) is 3.54. The van der Waals surface area contributed by atoms with Crippen LogP contribution in [0.15, 0.2) is 24.5 Å². The third kappa shape index (κ3) is 5.56. The number of aromatic nitrogens is 3. The number of amides is 2. The van der Waals surface area contributed by atoms with E-state index in [1.807, 2.05) is 6.92 Å². The van der Waals surface area contributed by atoms with E-state index in [0.717, 1.165) is 25.0 Å². The number of ether oxygens (including phenoxy) is 2. The van der Waals surface area contributed by atoms with E-state index in [2.05, 4.69) is 20.3 Å². The van der Waals surface area contributed by atoms with E-state index in [0.29, 0.717) is 42.2 Å². The molecule has 2 aromatic heterocycles. The Hall–Kier alpha value is -3.67. The highest BCUT2D eigenvalue weighted by Gasteiger charge is 2.35. The Labute approximate surface area is 223 Å². The van der Waals surface area contributed by atoms with Crippen molar-refractivity contribution in [2.45, 2.75) is 51.4 Å². The van der Waals surface area contributed by atoms with Crippen molar-refractivity contribution in [1.82, 2.24) is 25.2 Å². The first-order chi connectivity index (χ1) is 18.6. The monoisotopic (exact) mass is 545 g/mol. The van der Waals surface area contributed by atoms with Crippen LogP contribution in [0, 0.1) is 12.8 Å². The van der Waals surface area contributed by atoms with Crippen LogP contribution in [0.2, 0.25) is 0 Å². The molecule has 2 amide bonds. The van der Waals surface area contributed by atoms with Gasteiger partial charge in [-0.25, -0.2) is 9.97 Å². The van der Waals surface area contributed by atoms with E-state index in [4.69, 9.17) is 9.47 Å². The Kier molecular flexibility index (Phi) is 7.23. The predicted octanol–water partition coefficient (Wildman–Crippen LogP) is 4.11. The number of methoxy groups -OCH3 is 1. The molecule has 1 aromatic carbocycles. The number of rotatable bonds is 8. The zero-order chi connectivity index (χ0) is 27.9. The fourth-order valence-electron chi connectivity index (χ4n) is 5.06. The van der Waals surface area contributed by atoms with E-state index < -0.39 is 17.6 Å². The molecule has 2 aliphatic rings. The number of aryl methyl sites for hydroxylation is 1. The molecule has 1 aliphatic heterocycles. The molecule has 0 spiro atoms. The van der Waals surface area contributed by atoms with Crippen molar-refractivity contribution in [2.75, 3.05) is 26.9 Å². The summed E-state index contributed by atoms with van der Waals surface area (Å²) in [6, 6.07) is 2.99. The smallest absolute Gasteiger partial charge is 0.416 e. The van der Waals surface area contributed by atoms with Crippen LogP contribution in [-0.2, 0) is 15.7 Å². The molecule has 2 atom stereocenters. The number of carbonyl (C=O) groups is 2. The number of halogens is 3. The fraction of sp³-hybridized carbons (Fsp3) is 0.481. The van der Waals surface area contributed by atoms with Crippen molar-refractivity contribution in [3.05, 3.63) is 41.3 Å². The van der Waals surface area contributed by atoms with E-state index in [9.17, 15) is 22.8 Å². The summed E-state index contributed by atoms with van der Waals surface area (Å²) in [6.07, 6.45) is -0.687. The lowest BCUT2D eigenvalue weighted by molar-refractivity contribution is -0.137. The highest BCUT2D eigenvalue weighted by atomic mass is 19.4. The molecule has 39 heavy (non-hydrogen) atoms. The molecule has 3 heterocycles. The molecule has 0 unspecified atom stereocenters. The molecule has 5 rings (SSSR count). The topological polar surface area (TPSA) is 109 Å². The van der Waals surface area contributed by atoms with Crippen molar-refractivity contribution in [1.29, 1.82) is 0 Å². The Morgan fingerprint density at radius 2 is 2.00 bits per heavy atom. The van der Waals surface area contributed by atoms with Crippen molar-refractivity contribution in [3.63, 3.8) is 0 Å². The third-order valence-corrected chi connectivity index (χ3v) is 7.23. The van der Waals surface area contributed by atoms with Crippen molar-refractivity contribution >= 4 is 22.8 Å². The summed E-state index contributed by atoms with van der Waals surface area (Å²) in [7, 11) is 1.45. The number of H-pyrrole nitrogens is 1.